The molecule has 1 saturated heterocycles. The van der Waals surface area contributed by atoms with Crippen LogP contribution in [0.1, 0.15) is 36.1 Å². The molecular formula is C17H27N3O. The highest BCUT2D eigenvalue weighted by Gasteiger charge is 2.21. The van der Waals surface area contributed by atoms with Crippen LogP contribution in [0.4, 0.5) is 0 Å². The maximum atomic E-state index is 5.68. The number of rotatable bonds is 4. The van der Waals surface area contributed by atoms with Crippen LogP contribution in [-0.2, 0) is 13.0 Å². The highest BCUT2D eigenvalue weighted by atomic mass is 16.5. The lowest BCUT2D eigenvalue weighted by Gasteiger charge is -2.30. The molecule has 0 aromatic heterocycles. The first kappa shape index (κ1) is 14.8. The van der Waals surface area contributed by atoms with Crippen molar-refractivity contribution in [2.24, 2.45) is 0 Å². The Morgan fingerprint density at radius 1 is 1.24 bits per heavy atom. The van der Waals surface area contributed by atoms with Gasteiger partial charge in [0.05, 0.1) is 7.11 Å². The largest absolute Gasteiger partial charge is 0.496 e. The van der Waals surface area contributed by atoms with E-state index in [1.54, 1.807) is 7.11 Å². The highest BCUT2D eigenvalue weighted by Crippen LogP contribution is 2.32. The molecule has 0 spiro atoms. The second-order valence-electron chi connectivity index (χ2n) is 6.05. The van der Waals surface area contributed by atoms with E-state index in [2.05, 4.69) is 34.6 Å². The molecule has 1 atom stereocenters. The monoisotopic (exact) mass is 289 g/mol. The third-order valence-electron chi connectivity index (χ3n) is 4.71. The van der Waals surface area contributed by atoms with Crippen LogP contribution in [-0.4, -0.2) is 44.7 Å². The molecule has 1 aromatic rings. The van der Waals surface area contributed by atoms with Crippen molar-refractivity contribution >= 4 is 0 Å². The fourth-order valence-electron chi connectivity index (χ4n) is 3.51. The van der Waals surface area contributed by atoms with E-state index in [0.29, 0.717) is 6.04 Å². The first-order valence-corrected chi connectivity index (χ1v) is 8.18. The summed E-state index contributed by atoms with van der Waals surface area (Å²) in [6.45, 7) is 8.77. The number of hydrogen-bond donors (Lipinski definition) is 2. The maximum absolute atomic E-state index is 5.68. The minimum absolute atomic E-state index is 0.482. The van der Waals surface area contributed by atoms with Crippen molar-refractivity contribution < 1.29 is 4.74 Å². The van der Waals surface area contributed by atoms with Crippen LogP contribution < -0.4 is 15.4 Å². The molecule has 21 heavy (non-hydrogen) atoms. The predicted octanol–water partition coefficient (Wildman–Crippen LogP) is 1.70. The lowest BCUT2D eigenvalue weighted by molar-refractivity contribution is 0.230. The molecule has 116 valence electrons. The Morgan fingerprint density at radius 2 is 2.05 bits per heavy atom. The van der Waals surface area contributed by atoms with Crippen LogP contribution >= 0.6 is 0 Å². The minimum Gasteiger partial charge on any atom is -0.496 e. The van der Waals surface area contributed by atoms with Gasteiger partial charge < -0.3 is 15.4 Å². The Morgan fingerprint density at radius 3 is 2.76 bits per heavy atom. The van der Waals surface area contributed by atoms with E-state index in [4.69, 9.17) is 4.74 Å². The van der Waals surface area contributed by atoms with Crippen LogP contribution in [0.25, 0.3) is 0 Å². The topological polar surface area (TPSA) is 36.5 Å². The fourth-order valence-corrected chi connectivity index (χ4v) is 3.51. The molecule has 0 bridgehead atoms. The van der Waals surface area contributed by atoms with E-state index in [0.717, 1.165) is 57.9 Å². The van der Waals surface area contributed by atoms with E-state index >= 15 is 0 Å². The molecule has 0 aliphatic carbocycles. The van der Waals surface area contributed by atoms with Crippen LogP contribution in [0.5, 0.6) is 5.75 Å². The second-order valence-corrected chi connectivity index (χ2v) is 6.05. The zero-order chi connectivity index (χ0) is 14.7. The average molecular weight is 289 g/mol. The molecule has 2 N–H and O–H groups in total. The van der Waals surface area contributed by atoms with Crippen molar-refractivity contribution in [3.63, 3.8) is 0 Å². The number of piperazine rings is 1. The third-order valence-corrected chi connectivity index (χ3v) is 4.71. The summed E-state index contributed by atoms with van der Waals surface area (Å²) < 4.78 is 5.68. The molecule has 3 rings (SSSR count). The van der Waals surface area contributed by atoms with Crippen molar-refractivity contribution in [3.8, 4) is 5.75 Å². The number of nitrogens with one attached hydrogen (secondary N) is 2. The van der Waals surface area contributed by atoms with Gasteiger partial charge in [-0.3, -0.25) is 4.90 Å². The molecule has 4 nitrogen and oxygen atoms in total. The van der Waals surface area contributed by atoms with Gasteiger partial charge >= 0.3 is 0 Å². The van der Waals surface area contributed by atoms with E-state index in [1.165, 1.54) is 16.7 Å². The van der Waals surface area contributed by atoms with Gasteiger partial charge in [0.1, 0.15) is 5.75 Å². The van der Waals surface area contributed by atoms with Crippen LogP contribution in [0.2, 0.25) is 0 Å². The zero-order valence-electron chi connectivity index (χ0n) is 13.2. The Labute approximate surface area is 127 Å². The predicted molar refractivity (Wildman–Crippen MR) is 85.9 cm³/mol. The quantitative estimate of drug-likeness (QED) is 0.884. The molecule has 2 aliphatic heterocycles. The van der Waals surface area contributed by atoms with E-state index in [1.807, 2.05) is 0 Å². The summed E-state index contributed by atoms with van der Waals surface area (Å²) in [5.41, 5.74) is 4.28. The maximum Gasteiger partial charge on any atom is 0.123 e. The molecule has 0 radical (unpaired) electrons. The summed E-state index contributed by atoms with van der Waals surface area (Å²) in [7, 11) is 1.79. The number of fused-ring (bicyclic) bond motifs is 1. The number of ether oxygens (including phenoxy) is 1. The van der Waals surface area contributed by atoms with Crippen molar-refractivity contribution in [2.45, 2.75) is 32.4 Å². The number of hydrogen-bond acceptors (Lipinski definition) is 4. The zero-order valence-corrected chi connectivity index (χ0v) is 13.2. The summed E-state index contributed by atoms with van der Waals surface area (Å²) in [5.74, 6) is 1.05. The molecule has 2 heterocycles. The van der Waals surface area contributed by atoms with E-state index < -0.39 is 0 Å². The van der Waals surface area contributed by atoms with Crippen molar-refractivity contribution in [1.29, 1.82) is 0 Å². The highest BCUT2D eigenvalue weighted by molar-refractivity contribution is 5.45. The number of nitrogens with zero attached hydrogens (tertiary/aromatic N) is 1. The van der Waals surface area contributed by atoms with Gasteiger partial charge in [-0.15, -0.1) is 0 Å². The van der Waals surface area contributed by atoms with Gasteiger partial charge in [0.15, 0.2) is 0 Å². The normalized spacial score (nSPS) is 22.9. The summed E-state index contributed by atoms with van der Waals surface area (Å²) in [6.07, 6.45) is 2.26. The number of methoxy groups -OCH3 is 1. The van der Waals surface area contributed by atoms with Crippen molar-refractivity contribution in [1.82, 2.24) is 15.5 Å². The SMILES string of the molecule is CCC1NCCc2cc(CN3CCNCC3)c(OC)cc21. The van der Waals surface area contributed by atoms with Gasteiger partial charge in [0.2, 0.25) is 0 Å². The Kier molecular flexibility index (Phi) is 4.78. The van der Waals surface area contributed by atoms with E-state index in [9.17, 15) is 0 Å². The van der Waals surface area contributed by atoms with Crippen LogP contribution in [0.3, 0.4) is 0 Å². The molecule has 0 amide bonds. The van der Waals surface area contributed by atoms with Crippen LogP contribution in [0, 0.1) is 0 Å². The third kappa shape index (κ3) is 3.23. The second kappa shape index (κ2) is 6.77. The Balaban J connectivity index is 1.86. The molecule has 4 heteroatoms. The molecular weight excluding hydrogens is 262 g/mol. The van der Waals surface area contributed by atoms with E-state index in [-0.39, 0.29) is 0 Å². The molecule has 1 unspecified atom stereocenters. The molecule has 0 saturated carbocycles. The lowest BCUT2D eigenvalue weighted by Crippen LogP contribution is -2.43. The standard InChI is InChI=1S/C17H27N3O/c1-3-16-15-11-17(21-2)14(10-13(15)4-5-19-16)12-20-8-6-18-7-9-20/h10-11,16,18-19H,3-9,12H2,1-2H3. The number of benzene rings is 1. The van der Waals surface area contributed by atoms with Gasteiger partial charge in [0, 0.05) is 44.3 Å². The van der Waals surface area contributed by atoms with Crippen molar-refractivity contribution in [2.75, 3.05) is 39.8 Å². The Hall–Kier alpha value is -1.10. The van der Waals surface area contributed by atoms with Crippen molar-refractivity contribution in [3.05, 3.63) is 28.8 Å². The van der Waals surface area contributed by atoms with Gasteiger partial charge in [-0.25, -0.2) is 0 Å². The first-order valence-electron chi connectivity index (χ1n) is 8.18. The van der Waals surface area contributed by atoms with Gasteiger partial charge in [-0.05, 0) is 36.6 Å². The minimum atomic E-state index is 0.482. The smallest absolute Gasteiger partial charge is 0.123 e. The van der Waals surface area contributed by atoms with Gasteiger partial charge in [-0.2, -0.15) is 0 Å². The van der Waals surface area contributed by atoms with Crippen LogP contribution in [0.15, 0.2) is 12.1 Å². The summed E-state index contributed by atoms with van der Waals surface area (Å²) in [4.78, 5) is 2.51. The molecule has 1 fully saturated rings. The molecule has 1 aromatic carbocycles. The van der Waals surface area contributed by atoms with Gasteiger partial charge in [0.25, 0.3) is 0 Å². The summed E-state index contributed by atoms with van der Waals surface area (Å²) in [6, 6.07) is 5.14. The first-order chi connectivity index (χ1) is 10.3. The molecule has 2 aliphatic rings. The lowest BCUT2D eigenvalue weighted by atomic mass is 9.90. The van der Waals surface area contributed by atoms with Gasteiger partial charge in [-0.1, -0.05) is 13.0 Å². The summed E-state index contributed by atoms with van der Waals surface area (Å²) in [5, 5.41) is 7.01. The Bertz CT molecular complexity index is 483. The summed E-state index contributed by atoms with van der Waals surface area (Å²) >= 11 is 0. The fraction of sp³-hybridized carbons (Fsp3) is 0.647. The average Bonchev–Trinajstić information content (AvgIpc) is 2.54.